The zero-order valence-corrected chi connectivity index (χ0v) is 10.8. The summed E-state index contributed by atoms with van der Waals surface area (Å²) in [5, 5.41) is 13.1. The number of nitrogens with one attached hydrogen (secondary N) is 1. The number of aromatic nitrogens is 1. The maximum absolute atomic E-state index is 10.6. The molecule has 1 aliphatic heterocycles. The molecule has 6 nitrogen and oxygen atoms in total. The monoisotopic (exact) mass is 294 g/mol. The summed E-state index contributed by atoms with van der Waals surface area (Å²) in [6, 6.07) is 0. The number of hydrogen-bond donors (Lipinski definition) is 1. The van der Waals surface area contributed by atoms with Gasteiger partial charge in [0.1, 0.15) is 0 Å². The van der Waals surface area contributed by atoms with Gasteiger partial charge in [0, 0.05) is 24.2 Å². The van der Waals surface area contributed by atoms with E-state index < -0.39 is 10.1 Å². The van der Waals surface area contributed by atoms with Gasteiger partial charge in [-0.3, -0.25) is 10.1 Å². The van der Waals surface area contributed by atoms with E-state index >= 15 is 0 Å². The maximum Gasteiger partial charge on any atom is 0.377 e. The molecule has 1 aromatic heterocycles. The lowest BCUT2D eigenvalue weighted by atomic mass is 10.4. The summed E-state index contributed by atoms with van der Waals surface area (Å²) in [5.41, 5.74) is 0. The van der Waals surface area contributed by atoms with Gasteiger partial charge in [-0.1, -0.05) is 11.6 Å². The largest absolute Gasteiger partial charge is 0.377 e. The molecule has 0 saturated carbocycles. The lowest BCUT2D eigenvalue weighted by molar-refractivity contribution is -0.414. The summed E-state index contributed by atoms with van der Waals surface area (Å²) < 4.78 is 0.457. The first-order valence-electron chi connectivity index (χ1n) is 4.71. The van der Waals surface area contributed by atoms with Crippen molar-refractivity contribution in [3.8, 4) is 0 Å². The van der Waals surface area contributed by atoms with E-state index in [-0.39, 0.29) is 0 Å². The first-order chi connectivity index (χ1) is 8.08. The summed E-state index contributed by atoms with van der Waals surface area (Å²) in [6.45, 7) is 1.80. The summed E-state index contributed by atoms with van der Waals surface area (Å²) in [7, 11) is 0. The van der Waals surface area contributed by atoms with E-state index in [1.54, 1.807) is 11.1 Å². The molecule has 2 rings (SSSR count). The van der Waals surface area contributed by atoms with Crippen molar-refractivity contribution in [3.63, 3.8) is 0 Å². The van der Waals surface area contributed by atoms with E-state index in [1.165, 1.54) is 11.3 Å². The van der Waals surface area contributed by atoms with Crippen LogP contribution in [-0.4, -0.2) is 27.9 Å². The van der Waals surface area contributed by atoms with E-state index in [9.17, 15) is 10.1 Å². The third kappa shape index (κ3) is 2.80. The molecule has 17 heavy (non-hydrogen) atoms. The van der Waals surface area contributed by atoms with Gasteiger partial charge in [0.15, 0.2) is 10.3 Å². The summed E-state index contributed by atoms with van der Waals surface area (Å²) >= 11 is 12.7. The quantitative estimate of drug-likeness (QED) is 0.523. The predicted molar refractivity (Wildman–Crippen MR) is 65.4 cm³/mol. The number of thiazole rings is 1. The van der Waals surface area contributed by atoms with Crippen LogP contribution >= 0.6 is 34.5 Å². The lowest BCUT2D eigenvalue weighted by Gasteiger charge is -2.15. The Morgan fingerprint density at radius 3 is 3.12 bits per heavy atom. The van der Waals surface area contributed by atoms with Gasteiger partial charge in [-0.2, -0.15) is 0 Å². The Morgan fingerprint density at radius 2 is 2.53 bits per heavy atom. The number of nitro groups is 1. The van der Waals surface area contributed by atoms with Crippen LogP contribution in [0.15, 0.2) is 17.2 Å². The first kappa shape index (κ1) is 12.4. The molecule has 0 amide bonds. The molecule has 0 atom stereocenters. The van der Waals surface area contributed by atoms with Gasteiger partial charge in [0.2, 0.25) is 0 Å². The fraction of sp³-hybridized carbons (Fsp3) is 0.375. The Bertz CT molecular complexity index is 476. The average molecular weight is 295 g/mol. The average Bonchev–Trinajstić information content (AvgIpc) is 2.87. The van der Waals surface area contributed by atoms with Gasteiger partial charge in [-0.05, 0) is 11.6 Å². The third-order valence-electron chi connectivity index (χ3n) is 2.22. The van der Waals surface area contributed by atoms with Crippen LogP contribution in [0.5, 0.6) is 0 Å². The molecule has 0 unspecified atom stereocenters. The zero-order valence-electron chi connectivity index (χ0n) is 8.52. The van der Waals surface area contributed by atoms with Crippen molar-refractivity contribution in [1.82, 2.24) is 15.2 Å². The molecule has 0 spiro atoms. The third-order valence-corrected chi connectivity index (χ3v) is 3.63. The van der Waals surface area contributed by atoms with Gasteiger partial charge in [0.05, 0.1) is 11.5 Å². The molecule has 0 aliphatic carbocycles. The molecule has 0 bridgehead atoms. The molecule has 1 fully saturated rings. The molecular formula is C8H8Cl2N4O2S. The van der Waals surface area contributed by atoms with Crippen molar-refractivity contribution in [2.24, 2.45) is 0 Å². The van der Waals surface area contributed by atoms with Crippen molar-refractivity contribution in [2.45, 2.75) is 6.54 Å². The highest BCUT2D eigenvalue weighted by atomic mass is 35.5. The minimum absolute atomic E-state index is 0.348. The highest BCUT2D eigenvalue weighted by Crippen LogP contribution is 2.23. The first-order valence-corrected chi connectivity index (χ1v) is 6.28. The standard InChI is InChI=1S/C8H8Cl2N4O2S/c9-6(14(15)16)7-11-1-2-13(7)4-5-3-12-8(10)17-5/h3,11H,1-2,4H2/b7-6+. The summed E-state index contributed by atoms with van der Waals surface area (Å²) in [4.78, 5) is 16.6. The molecule has 9 heteroatoms. The normalized spacial score (nSPS) is 18.1. The van der Waals surface area contributed by atoms with E-state index in [1.807, 2.05) is 0 Å². The highest BCUT2D eigenvalue weighted by molar-refractivity contribution is 7.15. The lowest BCUT2D eigenvalue weighted by Crippen LogP contribution is -2.21. The Balaban J connectivity index is 2.16. The number of halogens is 2. The van der Waals surface area contributed by atoms with Gasteiger partial charge in [-0.25, -0.2) is 4.98 Å². The summed E-state index contributed by atoms with van der Waals surface area (Å²) in [6.07, 6.45) is 1.66. The number of hydrogen-bond acceptors (Lipinski definition) is 6. The van der Waals surface area contributed by atoms with Gasteiger partial charge in [-0.15, -0.1) is 11.3 Å². The smallest absolute Gasteiger partial charge is 0.363 e. The fourth-order valence-electron chi connectivity index (χ4n) is 1.53. The molecule has 92 valence electrons. The van der Waals surface area contributed by atoms with E-state index in [0.29, 0.717) is 29.9 Å². The molecule has 1 saturated heterocycles. The molecule has 0 radical (unpaired) electrons. The van der Waals surface area contributed by atoms with Crippen LogP contribution in [0.2, 0.25) is 4.47 Å². The number of nitrogens with zero attached hydrogens (tertiary/aromatic N) is 3. The van der Waals surface area contributed by atoms with Crippen molar-refractivity contribution in [2.75, 3.05) is 13.1 Å². The summed E-state index contributed by atoms with van der Waals surface area (Å²) in [5.74, 6) is 0.348. The van der Waals surface area contributed by atoms with E-state index in [4.69, 9.17) is 23.2 Å². The van der Waals surface area contributed by atoms with Crippen LogP contribution in [0.4, 0.5) is 0 Å². The Labute approximate surface area is 111 Å². The Hall–Kier alpha value is -1.05. The highest BCUT2D eigenvalue weighted by Gasteiger charge is 2.26. The van der Waals surface area contributed by atoms with Crippen LogP contribution in [0.3, 0.4) is 0 Å². The zero-order chi connectivity index (χ0) is 12.4. The van der Waals surface area contributed by atoms with E-state index in [0.717, 1.165) is 4.88 Å². The SMILES string of the molecule is O=[N+]([O-])/C(Cl)=C1\NCCN1Cc1cnc(Cl)s1. The second-order valence-corrected chi connectivity index (χ2v) is 5.38. The topological polar surface area (TPSA) is 71.3 Å². The van der Waals surface area contributed by atoms with E-state index in [2.05, 4.69) is 10.3 Å². The molecule has 1 N–H and O–H groups in total. The predicted octanol–water partition coefficient (Wildman–Crippen LogP) is 1.84. The second-order valence-electron chi connectivity index (χ2n) is 3.32. The Morgan fingerprint density at radius 1 is 1.76 bits per heavy atom. The number of rotatable bonds is 3. The van der Waals surface area contributed by atoms with Crippen molar-refractivity contribution < 1.29 is 4.92 Å². The van der Waals surface area contributed by atoms with Gasteiger partial charge >= 0.3 is 5.16 Å². The van der Waals surface area contributed by atoms with Gasteiger partial charge < -0.3 is 10.2 Å². The van der Waals surface area contributed by atoms with Crippen LogP contribution in [-0.2, 0) is 6.54 Å². The second kappa shape index (κ2) is 5.07. The minimum Gasteiger partial charge on any atom is -0.363 e. The van der Waals surface area contributed by atoms with Crippen molar-refractivity contribution >= 4 is 34.5 Å². The van der Waals surface area contributed by atoms with Crippen LogP contribution in [0.25, 0.3) is 0 Å². The molecular weight excluding hydrogens is 287 g/mol. The van der Waals surface area contributed by atoms with Gasteiger partial charge in [0.25, 0.3) is 0 Å². The van der Waals surface area contributed by atoms with Crippen LogP contribution < -0.4 is 5.32 Å². The molecule has 1 aliphatic rings. The minimum atomic E-state index is -0.609. The molecule has 0 aromatic carbocycles. The van der Waals surface area contributed by atoms with Crippen LogP contribution in [0.1, 0.15) is 4.88 Å². The fourth-order valence-corrected chi connectivity index (χ4v) is 2.71. The molecule has 1 aromatic rings. The van der Waals surface area contributed by atoms with Crippen molar-refractivity contribution in [1.29, 1.82) is 0 Å². The Kier molecular flexibility index (Phi) is 3.70. The van der Waals surface area contributed by atoms with Crippen molar-refractivity contribution in [3.05, 3.63) is 36.6 Å². The van der Waals surface area contributed by atoms with Crippen LogP contribution in [0, 0.1) is 10.1 Å². The molecule has 2 heterocycles. The maximum atomic E-state index is 10.6.